The van der Waals surface area contributed by atoms with E-state index in [-0.39, 0.29) is 0 Å². The topological polar surface area (TPSA) is 12.0 Å². The van der Waals surface area contributed by atoms with E-state index in [1.807, 2.05) is 0 Å². The highest BCUT2D eigenvalue weighted by molar-refractivity contribution is 14.1. The van der Waals surface area contributed by atoms with E-state index in [4.69, 9.17) is 0 Å². The van der Waals surface area contributed by atoms with E-state index >= 15 is 0 Å². The Kier molecular flexibility index (Phi) is 3.31. The summed E-state index contributed by atoms with van der Waals surface area (Å²) in [6.45, 7) is 2.17. The van der Waals surface area contributed by atoms with Crippen LogP contribution in [0.2, 0.25) is 0 Å². The molecule has 1 saturated carbocycles. The van der Waals surface area contributed by atoms with E-state index in [1.54, 1.807) is 0 Å². The van der Waals surface area contributed by atoms with Gasteiger partial charge in [0, 0.05) is 15.3 Å². The van der Waals surface area contributed by atoms with E-state index < -0.39 is 0 Å². The molecule has 1 aromatic rings. The lowest BCUT2D eigenvalue weighted by Gasteiger charge is -2.15. The van der Waals surface area contributed by atoms with E-state index in [0.29, 0.717) is 6.04 Å². The maximum absolute atomic E-state index is 3.65. The van der Waals surface area contributed by atoms with Gasteiger partial charge in [-0.3, -0.25) is 0 Å². The Morgan fingerprint density at radius 2 is 2.00 bits per heavy atom. The van der Waals surface area contributed by atoms with E-state index in [2.05, 4.69) is 53.0 Å². The van der Waals surface area contributed by atoms with Crippen LogP contribution >= 0.6 is 22.6 Å². The molecule has 0 heterocycles. The molecule has 14 heavy (non-hydrogen) atoms. The Morgan fingerprint density at radius 3 is 2.71 bits per heavy atom. The summed E-state index contributed by atoms with van der Waals surface area (Å²) in [5, 5.41) is 3.65. The summed E-state index contributed by atoms with van der Waals surface area (Å²) in [5.41, 5.74) is 2.68. The first kappa shape index (κ1) is 10.3. The molecule has 1 aliphatic carbocycles. The van der Waals surface area contributed by atoms with Crippen LogP contribution in [0, 0.1) is 10.5 Å². The van der Waals surface area contributed by atoms with Crippen LogP contribution in [0.5, 0.6) is 0 Å². The summed E-state index contributed by atoms with van der Waals surface area (Å²) < 4.78 is 1.31. The van der Waals surface area contributed by atoms with Crippen molar-refractivity contribution in [1.82, 2.24) is 0 Å². The molecule has 1 nitrogen and oxygen atoms in total. The number of aryl methyl sites for hydroxylation is 1. The molecule has 1 aliphatic rings. The quantitative estimate of drug-likeness (QED) is 0.816. The summed E-state index contributed by atoms with van der Waals surface area (Å²) >= 11 is 2.37. The van der Waals surface area contributed by atoms with Gasteiger partial charge in [-0.25, -0.2) is 0 Å². The van der Waals surface area contributed by atoms with Gasteiger partial charge in [-0.05, 0) is 60.1 Å². The molecule has 0 amide bonds. The molecule has 2 heteroatoms. The number of hydrogen-bond acceptors (Lipinski definition) is 1. The smallest absolute Gasteiger partial charge is 0.0382 e. The van der Waals surface area contributed by atoms with Crippen LogP contribution in [0.15, 0.2) is 18.2 Å². The molecule has 76 valence electrons. The molecule has 1 aromatic carbocycles. The fourth-order valence-corrected chi connectivity index (χ4v) is 2.53. The van der Waals surface area contributed by atoms with Crippen LogP contribution < -0.4 is 5.32 Å². The number of nitrogens with one attached hydrogen (secondary N) is 1. The van der Waals surface area contributed by atoms with Crippen LogP contribution in [0.3, 0.4) is 0 Å². The van der Waals surface area contributed by atoms with Gasteiger partial charge in [0.1, 0.15) is 0 Å². The highest BCUT2D eigenvalue weighted by Gasteiger charge is 2.14. The molecular formula is C12H16IN. The number of hydrogen-bond donors (Lipinski definition) is 1. The first-order valence-electron chi connectivity index (χ1n) is 5.28. The third kappa shape index (κ3) is 2.41. The van der Waals surface area contributed by atoms with Crippen LogP contribution in [0.4, 0.5) is 5.69 Å². The van der Waals surface area contributed by atoms with Crippen molar-refractivity contribution in [2.45, 2.75) is 38.6 Å². The maximum Gasteiger partial charge on any atom is 0.0382 e. The van der Waals surface area contributed by atoms with Crippen LogP contribution in [0.25, 0.3) is 0 Å². The zero-order valence-corrected chi connectivity index (χ0v) is 10.7. The lowest BCUT2D eigenvalue weighted by Crippen LogP contribution is -2.15. The Hall–Kier alpha value is -0.250. The SMILES string of the molecule is Cc1ccc(I)cc1NC1CCCC1. The zero-order valence-electron chi connectivity index (χ0n) is 8.52. The monoisotopic (exact) mass is 301 g/mol. The lowest BCUT2D eigenvalue weighted by atomic mass is 10.1. The number of rotatable bonds is 2. The number of anilines is 1. The maximum atomic E-state index is 3.65. The molecule has 0 saturated heterocycles. The molecule has 0 spiro atoms. The summed E-state index contributed by atoms with van der Waals surface area (Å²) in [6.07, 6.45) is 5.46. The van der Waals surface area contributed by atoms with Gasteiger partial charge >= 0.3 is 0 Å². The average Bonchev–Trinajstić information content (AvgIpc) is 2.64. The standard InChI is InChI=1S/C12H16IN/c1-9-6-7-10(13)8-12(9)14-11-4-2-3-5-11/h6-8,11,14H,2-5H2,1H3. The summed E-state index contributed by atoms with van der Waals surface area (Å²) in [7, 11) is 0. The summed E-state index contributed by atoms with van der Waals surface area (Å²) in [5.74, 6) is 0. The van der Waals surface area contributed by atoms with Crippen molar-refractivity contribution in [2.75, 3.05) is 5.32 Å². The second-order valence-corrected chi connectivity index (χ2v) is 5.33. The molecular weight excluding hydrogens is 285 g/mol. The van der Waals surface area contributed by atoms with E-state index in [9.17, 15) is 0 Å². The fraction of sp³-hybridized carbons (Fsp3) is 0.500. The molecule has 1 fully saturated rings. The fourth-order valence-electron chi connectivity index (χ4n) is 2.04. The Labute approximate surface area is 99.4 Å². The van der Waals surface area contributed by atoms with Crippen molar-refractivity contribution in [3.63, 3.8) is 0 Å². The first-order valence-corrected chi connectivity index (χ1v) is 6.36. The van der Waals surface area contributed by atoms with Crippen LogP contribution in [-0.2, 0) is 0 Å². The Bertz CT molecular complexity index is 316. The molecule has 0 atom stereocenters. The zero-order chi connectivity index (χ0) is 9.97. The second-order valence-electron chi connectivity index (χ2n) is 4.08. The lowest BCUT2D eigenvalue weighted by molar-refractivity contribution is 0.754. The largest absolute Gasteiger partial charge is 0.382 e. The van der Waals surface area contributed by atoms with Gasteiger partial charge in [0.15, 0.2) is 0 Å². The van der Waals surface area contributed by atoms with Crippen molar-refractivity contribution >= 4 is 28.3 Å². The van der Waals surface area contributed by atoms with Gasteiger partial charge in [0.25, 0.3) is 0 Å². The molecule has 2 rings (SSSR count). The van der Waals surface area contributed by atoms with Crippen molar-refractivity contribution in [3.8, 4) is 0 Å². The minimum absolute atomic E-state index is 0.715. The van der Waals surface area contributed by atoms with Crippen molar-refractivity contribution in [2.24, 2.45) is 0 Å². The molecule has 1 N–H and O–H groups in total. The number of benzene rings is 1. The summed E-state index contributed by atoms with van der Waals surface area (Å²) in [4.78, 5) is 0. The minimum atomic E-state index is 0.715. The average molecular weight is 301 g/mol. The molecule has 0 aromatic heterocycles. The van der Waals surface area contributed by atoms with Gasteiger partial charge in [-0.1, -0.05) is 18.9 Å². The molecule has 0 unspecified atom stereocenters. The van der Waals surface area contributed by atoms with Gasteiger partial charge in [0.05, 0.1) is 0 Å². The van der Waals surface area contributed by atoms with Gasteiger partial charge < -0.3 is 5.32 Å². The highest BCUT2D eigenvalue weighted by atomic mass is 127. The van der Waals surface area contributed by atoms with Crippen molar-refractivity contribution in [1.29, 1.82) is 0 Å². The Balaban J connectivity index is 2.10. The highest BCUT2D eigenvalue weighted by Crippen LogP contribution is 2.25. The molecule has 0 bridgehead atoms. The van der Waals surface area contributed by atoms with Crippen molar-refractivity contribution in [3.05, 3.63) is 27.3 Å². The minimum Gasteiger partial charge on any atom is -0.382 e. The van der Waals surface area contributed by atoms with Gasteiger partial charge in [0.2, 0.25) is 0 Å². The second kappa shape index (κ2) is 4.51. The van der Waals surface area contributed by atoms with Crippen LogP contribution in [0.1, 0.15) is 31.2 Å². The third-order valence-electron chi connectivity index (χ3n) is 2.91. The van der Waals surface area contributed by atoms with Crippen molar-refractivity contribution < 1.29 is 0 Å². The predicted molar refractivity (Wildman–Crippen MR) is 69.8 cm³/mol. The third-order valence-corrected chi connectivity index (χ3v) is 3.59. The first-order chi connectivity index (χ1) is 6.75. The predicted octanol–water partition coefficient (Wildman–Crippen LogP) is 3.95. The Morgan fingerprint density at radius 1 is 1.29 bits per heavy atom. The van der Waals surface area contributed by atoms with Crippen LogP contribution in [-0.4, -0.2) is 6.04 Å². The normalized spacial score (nSPS) is 17.3. The molecule has 0 radical (unpaired) electrons. The van der Waals surface area contributed by atoms with Gasteiger partial charge in [-0.15, -0.1) is 0 Å². The molecule has 0 aliphatic heterocycles. The van der Waals surface area contributed by atoms with Gasteiger partial charge in [-0.2, -0.15) is 0 Å². The van der Waals surface area contributed by atoms with E-state index in [1.165, 1.54) is 40.5 Å². The van der Waals surface area contributed by atoms with E-state index in [0.717, 1.165) is 0 Å². The summed E-state index contributed by atoms with van der Waals surface area (Å²) in [6, 6.07) is 7.31. The number of halogens is 1.